The number of hydrogen-bond acceptors (Lipinski definition) is 5. The Bertz CT molecular complexity index is 1050. The van der Waals surface area contributed by atoms with Crippen LogP contribution in [0.1, 0.15) is 23.2 Å². The van der Waals surface area contributed by atoms with E-state index < -0.39 is 11.7 Å². The van der Waals surface area contributed by atoms with Crippen LogP contribution in [-0.4, -0.2) is 25.2 Å². The van der Waals surface area contributed by atoms with Crippen molar-refractivity contribution in [2.45, 2.75) is 26.4 Å². The summed E-state index contributed by atoms with van der Waals surface area (Å²) < 4.78 is 51.0. The van der Waals surface area contributed by atoms with E-state index in [1.807, 2.05) is 19.9 Å². The second kappa shape index (κ2) is 8.79. The summed E-state index contributed by atoms with van der Waals surface area (Å²) in [6, 6.07) is 8.44. The lowest BCUT2D eigenvalue weighted by Gasteiger charge is -2.19. The average Bonchev–Trinajstić information content (AvgIpc) is 2.68. The molecule has 0 aliphatic heterocycles. The van der Waals surface area contributed by atoms with Crippen LogP contribution in [0.25, 0.3) is 10.9 Å². The minimum absolute atomic E-state index is 0.0816. The molecule has 0 amide bonds. The molecule has 0 aliphatic rings. The predicted molar refractivity (Wildman–Crippen MR) is 111 cm³/mol. The van der Waals surface area contributed by atoms with Gasteiger partial charge in [-0.2, -0.15) is 13.2 Å². The summed E-state index contributed by atoms with van der Waals surface area (Å²) in [4.78, 5) is 4.57. The highest BCUT2D eigenvalue weighted by Gasteiger charge is 2.31. The summed E-state index contributed by atoms with van der Waals surface area (Å²) in [5.41, 5.74) is 7.66. The Labute approximate surface area is 173 Å². The number of pyridine rings is 1. The Morgan fingerprint density at radius 3 is 2.57 bits per heavy atom. The fourth-order valence-electron chi connectivity index (χ4n) is 3.27. The van der Waals surface area contributed by atoms with Gasteiger partial charge in [-0.1, -0.05) is 6.07 Å². The minimum Gasteiger partial charge on any atom is -0.494 e. The number of aryl methyl sites for hydroxylation is 2. The van der Waals surface area contributed by atoms with E-state index in [4.69, 9.17) is 15.2 Å². The maximum absolute atomic E-state index is 13.1. The second-order valence-electron chi connectivity index (χ2n) is 6.96. The first-order chi connectivity index (χ1) is 14.2. The topological polar surface area (TPSA) is 69.4 Å². The normalized spacial score (nSPS) is 11.6. The highest BCUT2D eigenvalue weighted by atomic mass is 19.4. The summed E-state index contributed by atoms with van der Waals surface area (Å²) in [5, 5.41) is 3.93. The molecule has 0 bridgehead atoms. The fraction of sp³-hybridized carbons (Fsp3) is 0.318. The Kier molecular flexibility index (Phi) is 6.36. The van der Waals surface area contributed by atoms with Crippen LogP contribution in [0.5, 0.6) is 17.2 Å². The number of hydrogen-bond donors (Lipinski definition) is 2. The Hall–Kier alpha value is -3.00. The number of halogens is 3. The van der Waals surface area contributed by atoms with Crippen molar-refractivity contribution in [3.63, 3.8) is 0 Å². The van der Waals surface area contributed by atoms with Gasteiger partial charge in [0.1, 0.15) is 17.0 Å². The molecule has 3 N–H and O–H groups in total. The molecule has 5 nitrogen and oxygen atoms in total. The van der Waals surface area contributed by atoms with Crippen molar-refractivity contribution in [1.29, 1.82) is 0 Å². The van der Waals surface area contributed by atoms with Gasteiger partial charge in [0, 0.05) is 18.3 Å². The first kappa shape index (κ1) is 21.7. The van der Waals surface area contributed by atoms with Gasteiger partial charge in [-0.15, -0.1) is 0 Å². The van der Waals surface area contributed by atoms with Gasteiger partial charge < -0.3 is 20.5 Å². The molecule has 2 aromatic carbocycles. The van der Waals surface area contributed by atoms with Crippen LogP contribution in [0.2, 0.25) is 0 Å². The van der Waals surface area contributed by atoms with Crippen LogP contribution in [0.15, 0.2) is 36.4 Å². The number of ether oxygens (including phenoxy) is 2. The number of nitrogens with one attached hydrogen (secondary N) is 1. The average molecular weight is 419 g/mol. The molecule has 3 rings (SSSR count). The highest BCUT2D eigenvalue weighted by molar-refractivity contribution is 5.98. The van der Waals surface area contributed by atoms with E-state index in [9.17, 15) is 13.2 Å². The van der Waals surface area contributed by atoms with E-state index in [-0.39, 0.29) is 5.75 Å². The van der Waals surface area contributed by atoms with Gasteiger partial charge in [-0.25, -0.2) is 4.98 Å². The second-order valence-corrected chi connectivity index (χ2v) is 6.96. The lowest BCUT2D eigenvalue weighted by atomic mass is 10.1. The van der Waals surface area contributed by atoms with E-state index in [1.165, 1.54) is 12.1 Å². The van der Waals surface area contributed by atoms with Crippen LogP contribution in [0.4, 0.5) is 18.9 Å². The number of rotatable bonds is 7. The molecule has 1 aromatic heterocycles. The number of nitrogens with two attached hydrogens (primary N) is 1. The highest BCUT2D eigenvalue weighted by Crippen LogP contribution is 2.43. The first-order valence-electron chi connectivity index (χ1n) is 9.52. The standard InChI is InChI=1S/C22H24F3N3O2/c1-13-10-14(2)28-20-18(29-3)12-17(27-9-5-8-26)21(19(13)20)30-16-7-4-6-15(11-16)22(23,24)25/h4,6-7,10-12,27H,5,8-9,26H2,1-3H3. The maximum atomic E-state index is 13.1. The summed E-state index contributed by atoms with van der Waals surface area (Å²) in [5.74, 6) is 1.02. The predicted octanol–water partition coefficient (Wildman–Crippen LogP) is 5.43. The van der Waals surface area contributed by atoms with Crippen LogP contribution < -0.4 is 20.5 Å². The van der Waals surface area contributed by atoms with Crippen molar-refractivity contribution >= 4 is 16.6 Å². The molecule has 0 spiro atoms. The summed E-state index contributed by atoms with van der Waals surface area (Å²) in [7, 11) is 1.55. The molecule has 8 heteroatoms. The molecule has 0 radical (unpaired) electrons. The number of nitrogens with zero attached hydrogens (tertiary/aromatic N) is 1. The third-order valence-electron chi connectivity index (χ3n) is 4.62. The van der Waals surface area contributed by atoms with Gasteiger partial charge >= 0.3 is 6.18 Å². The molecule has 1 heterocycles. The molecule has 0 aliphatic carbocycles. The first-order valence-corrected chi connectivity index (χ1v) is 9.52. The number of anilines is 1. The SMILES string of the molecule is COc1cc(NCCCN)c(Oc2cccc(C(F)(F)F)c2)c2c(C)cc(C)nc12. The zero-order chi connectivity index (χ0) is 21.9. The Balaban J connectivity index is 2.19. The number of aromatic nitrogens is 1. The molecule has 0 atom stereocenters. The number of benzene rings is 2. The Morgan fingerprint density at radius 2 is 1.90 bits per heavy atom. The van der Waals surface area contributed by atoms with Gasteiger partial charge in [-0.3, -0.25) is 0 Å². The van der Waals surface area contributed by atoms with Crippen molar-refractivity contribution in [2.75, 3.05) is 25.5 Å². The molecule has 0 saturated carbocycles. The van der Waals surface area contributed by atoms with Crippen molar-refractivity contribution in [3.8, 4) is 17.2 Å². The molecule has 0 saturated heterocycles. The minimum atomic E-state index is -4.46. The lowest BCUT2D eigenvalue weighted by Crippen LogP contribution is -2.10. The third kappa shape index (κ3) is 4.59. The van der Waals surface area contributed by atoms with E-state index in [1.54, 1.807) is 13.2 Å². The molecule has 0 fully saturated rings. The van der Waals surface area contributed by atoms with Crippen molar-refractivity contribution in [1.82, 2.24) is 4.98 Å². The fourth-order valence-corrected chi connectivity index (χ4v) is 3.27. The van der Waals surface area contributed by atoms with E-state index >= 15 is 0 Å². The third-order valence-corrected chi connectivity index (χ3v) is 4.62. The molecular formula is C22H24F3N3O2. The zero-order valence-electron chi connectivity index (χ0n) is 17.1. The van der Waals surface area contributed by atoms with Gasteiger partial charge in [0.2, 0.25) is 0 Å². The van der Waals surface area contributed by atoms with Crippen LogP contribution in [0, 0.1) is 13.8 Å². The molecular weight excluding hydrogens is 395 g/mol. The number of alkyl halides is 3. The van der Waals surface area contributed by atoms with E-state index in [2.05, 4.69) is 10.3 Å². The summed E-state index contributed by atoms with van der Waals surface area (Å²) in [6.07, 6.45) is -3.74. The van der Waals surface area contributed by atoms with Crippen molar-refractivity contribution < 1.29 is 22.6 Å². The molecule has 3 aromatic rings. The quantitative estimate of drug-likeness (QED) is 0.500. The zero-order valence-corrected chi connectivity index (χ0v) is 17.1. The van der Waals surface area contributed by atoms with Gasteiger partial charge in [0.05, 0.1) is 23.7 Å². The van der Waals surface area contributed by atoms with E-state index in [0.29, 0.717) is 47.6 Å². The van der Waals surface area contributed by atoms with Crippen LogP contribution in [-0.2, 0) is 6.18 Å². The Morgan fingerprint density at radius 1 is 1.13 bits per heavy atom. The summed E-state index contributed by atoms with van der Waals surface area (Å²) >= 11 is 0. The number of fused-ring (bicyclic) bond motifs is 1. The smallest absolute Gasteiger partial charge is 0.416 e. The van der Waals surface area contributed by atoms with Gasteiger partial charge in [0.15, 0.2) is 5.75 Å². The van der Waals surface area contributed by atoms with Crippen LogP contribution in [0.3, 0.4) is 0 Å². The monoisotopic (exact) mass is 419 g/mol. The molecule has 30 heavy (non-hydrogen) atoms. The molecule has 160 valence electrons. The molecule has 0 unspecified atom stereocenters. The maximum Gasteiger partial charge on any atom is 0.416 e. The van der Waals surface area contributed by atoms with Crippen molar-refractivity contribution in [3.05, 3.63) is 53.2 Å². The van der Waals surface area contributed by atoms with Crippen molar-refractivity contribution in [2.24, 2.45) is 5.73 Å². The number of methoxy groups -OCH3 is 1. The largest absolute Gasteiger partial charge is 0.494 e. The lowest BCUT2D eigenvalue weighted by molar-refractivity contribution is -0.137. The van der Waals surface area contributed by atoms with E-state index in [0.717, 1.165) is 23.4 Å². The van der Waals surface area contributed by atoms with Crippen LogP contribution >= 0.6 is 0 Å². The van der Waals surface area contributed by atoms with Gasteiger partial charge in [0.25, 0.3) is 0 Å². The van der Waals surface area contributed by atoms with Gasteiger partial charge in [-0.05, 0) is 56.6 Å². The summed E-state index contributed by atoms with van der Waals surface area (Å²) in [6.45, 7) is 4.84.